The molecule has 0 radical (unpaired) electrons. The van der Waals surface area contributed by atoms with Crippen molar-refractivity contribution in [3.05, 3.63) is 27.7 Å². The summed E-state index contributed by atoms with van der Waals surface area (Å²) in [5.41, 5.74) is -7.04. The molecule has 7 atom stereocenters. The standard InChI is InChI=1S/C30H49O20P.C12H20O8.C7H14O2.4C3H7.ClH2P.I2.H4N2.2Ni/c1-8-41-25(34)29(26(35)42-9-2,14-39-18-45-21(6)31)16-48-51(38,47-13-24-23(33)12-20(5)50-24)49-17-30(27(36)43-10-3,28(37)44-11-4)15-40-19-46-22(7)32;1-4-18-10(15)12(6-13,11(16)19-5-2)7-17-8-20-9(3)14;1-5-3-6(2)9-7(5)4-8;4*1-3-2;3*1-2;;/h20,23-24,33H,8-19H2,1-7H3;13H,4-8H2,1-3H3;5-8H,3-4H2,1-2H3;4*1,3H2,2H3;2H2;;1-2H2;;/q;;;4*-1;;;;2*+2/p+1/t20-,23?,24+;;5?,6-,7+;;;;;;;;;/m0.0........./s1. The van der Waals surface area contributed by atoms with Crippen LogP contribution in [0.4, 0.5) is 0 Å². The first-order valence-corrected chi connectivity index (χ1v) is 40.7. The van der Waals surface area contributed by atoms with Crippen LogP contribution in [-0.2, 0) is 161 Å². The van der Waals surface area contributed by atoms with E-state index >= 15 is 0 Å². The first-order chi connectivity index (χ1) is 46.4. The van der Waals surface area contributed by atoms with Crippen molar-refractivity contribution in [2.24, 2.45) is 28.0 Å². The van der Waals surface area contributed by atoms with Gasteiger partial charge >= 0.3 is 94.5 Å². The zero-order valence-corrected chi connectivity index (χ0v) is 70.1. The van der Waals surface area contributed by atoms with E-state index in [0.29, 0.717) is 12.0 Å². The third-order valence-corrected chi connectivity index (χ3v) is 12.4. The quantitative estimate of drug-likeness (QED) is 0.00357. The fraction of sp³-hybridized carbons (Fsp3) is 0.787. The summed E-state index contributed by atoms with van der Waals surface area (Å²) in [6, 6.07) is 0. The average Bonchev–Trinajstić information content (AvgIpc) is 0.997. The van der Waals surface area contributed by atoms with E-state index in [9.17, 15) is 57.9 Å². The topological polar surface area (TPSA) is 442 Å². The predicted octanol–water partition coefficient (Wildman–Crippen LogP) is 7.21. The number of carbonyl (C=O) groups excluding carboxylic acids is 9. The van der Waals surface area contributed by atoms with E-state index < -0.39 is 163 Å². The predicted molar refractivity (Wildman–Crippen MR) is 381 cm³/mol. The first kappa shape index (κ1) is 119. The van der Waals surface area contributed by atoms with Gasteiger partial charge < -0.3 is 109 Å². The molecule has 0 aromatic carbocycles. The van der Waals surface area contributed by atoms with Gasteiger partial charge in [-0.1, -0.05) is 34.6 Å². The number of halogens is 3. The molecule has 2 aliphatic rings. The monoisotopic (exact) mass is 1830 g/mol. The number of aliphatic hydroxyl groups excluding tert-OH is 3. The van der Waals surface area contributed by atoms with Crippen LogP contribution in [0.15, 0.2) is 0 Å². The van der Waals surface area contributed by atoms with Crippen LogP contribution >= 0.6 is 64.9 Å². The number of ether oxygens (including phenoxy) is 14. The molecule has 0 amide bonds. The van der Waals surface area contributed by atoms with Crippen LogP contribution in [0.5, 0.6) is 0 Å². The van der Waals surface area contributed by atoms with Crippen molar-refractivity contribution in [3.8, 4) is 0 Å². The first-order valence-electron chi connectivity index (χ1n) is 31.2. The summed E-state index contributed by atoms with van der Waals surface area (Å²) in [7, 11) is -3.27. The van der Waals surface area contributed by atoms with Gasteiger partial charge in [0.25, 0.3) is 0 Å². The van der Waals surface area contributed by atoms with Gasteiger partial charge in [-0.25, -0.2) is 4.57 Å². The summed E-state index contributed by atoms with van der Waals surface area (Å²) in [5.74, 6) is -1.47. The van der Waals surface area contributed by atoms with Crippen LogP contribution < -0.4 is 11.7 Å². The zero-order chi connectivity index (χ0) is 77.9. The Kier molecular flexibility index (Phi) is 93.2. The third kappa shape index (κ3) is 55.5. The Balaban J connectivity index is -0.000000168. The summed E-state index contributed by atoms with van der Waals surface area (Å²) >= 11 is 8.80. The van der Waals surface area contributed by atoms with E-state index in [0.717, 1.165) is 46.0 Å². The molecule has 0 saturated carbocycles. The molecule has 0 aliphatic carbocycles. The van der Waals surface area contributed by atoms with E-state index in [1.165, 1.54) is 34.6 Å². The second-order valence-electron chi connectivity index (χ2n) is 19.5. The molecule has 2 rings (SSSR count). The van der Waals surface area contributed by atoms with Crippen LogP contribution in [0.1, 0.15) is 149 Å². The maximum absolute atomic E-state index is 14.4. The number of hydrogen-bond acceptors (Lipinski definition) is 31. The molecule has 2 aliphatic heterocycles. The smallest absolute Gasteiger partial charge is 0.465 e. The number of aliphatic hydroxyl groups is 3. The summed E-state index contributed by atoms with van der Waals surface area (Å²) in [5, 5.41) is 28.5. The minimum atomic E-state index is -5.16. The van der Waals surface area contributed by atoms with Gasteiger partial charge in [0, 0.05) is 64.4 Å². The Morgan fingerprint density at radius 3 is 0.940 bits per heavy atom. The number of nitrogens with two attached hydrogens (primary N) is 1. The van der Waals surface area contributed by atoms with E-state index in [2.05, 4.69) is 99.5 Å². The van der Waals surface area contributed by atoms with Crippen LogP contribution in [0.2, 0.25) is 0 Å². The van der Waals surface area contributed by atoms with Crippen molar-refractivity contribution in [2.45, 2.75) is 180 Å². The number of phosphoric ester groups is 1. The summed E-state index contributed by atoms with van der Waals surface area (Å²) in [6.07, 6.45) is 3.18. The van der Waals surface area contributed by atoms with Crippen LogP contribution in [-0.4, -0.2) is 212 Å². The Hall–Kier alpha value is -1.89. The number of esters is 9. The Labute approximate surface area is 644 Å². The maximum Gasteiger partial charge on any atom is 2.00 e. The minimum absolute atomic E-state index is 0. The molecule has 602 valence electrons. The molecule has 0 aromatic rings. The molecule has 3 unspecified atom stereocenters. The van der Waals surface area contributed by atoms with Gasteiger partial charge in [0.05, 0.1) is 117 Å². The van der Waals surface area contributed by atoms with Crippen LogP contribution in [0.3, 0.4) is 0 Å². The van der Waals surface area contributed by atoms with Gasteiger partial charge in [0.1, 0.15) is 6.10 Å². The second-order valence-corrected chi connectivity index (χ2v) is 21.2. The molecule has 0 spiro atoms. The van der Waals surface area contributed by atoms with Crippen LogP contribution in [0, 0.1) is 49.9 Å². The number of phosphoric acid groups is 1. The van der Waals surface area contributed by atoms with Gasteiger partial charge in [-0.15, -0.1) is 11.2 Å². The zero-order valence-electron chi connectivity index (χ0n) is 61.0. The number of quaternary nitrogens is 1. The molecule has 2 saturated heterocycles. The Morgan fingerprint density at radius 1 is 0.490 bits per heavy atom. The molecule has 2 heterocycles. The normalized spacial score (nSPS) is 16.0. The minimum Gasteiger partial charge on any atom is -0.465 e. The average molecular weight is 1830 g/mol. The molecule has 2 fully saturated rings. The second kappa shape index (κ2) is 78.2. The maximum atomic E-state index is 14.4. The Bertz CT molecular complexity index is 1960. The third-order valence-electron chi connectivity index (χ3n) is 11.0. The van der Waals surface area contributed by atoms with Gasteiger partial charge in [0.15, 0.2) is 20.4 Å². The number of hydrogen-bond donors (Lipinski definition) is 5. The molecule has 0 bridgehead atoms. The summed E-state index contributed by atoms with van der Waals surface area (Å²) in [6.45, 7) is 31.3. The van der Waals surface area contributed by atoms with Crippen molar-refractivity contribution in [2.75, 3.05) is 113 Å². The molecular formula is C61H118ClI2N2Ni2O30P2+. The van der Waals surface area contributed by atoms with Crippen molar-refractivity contribution in [1.29, 1.82) is 0 Å². The number of carbonyl (C=O) groups is 9. The SMILES string of the molecule is CC1C[C@H](C)O[C@@H]1CO.CCOC(=O)C(CO)(COCOC(C)=O)C(=O)OCC.CCOC(=O)C(COCOC(C)=O)(COP(=O)(OC[C@H]1O[C@@H](C)CC1O)OCC(COCOC(C)=O)(C(=O)OCC)C(=O)OCC)C(=O)OCC.II.N[NH3+].PCl.[CH2-]CC.[CH2-]CC.[CH2-]CC.[CH2-]CC.[Ni+2].[Ni+2]. The van der Waals surface area contributed by atoms with Gasteiger partial charge in [-0.05, 0) is 76.3 Å². The van der Waals surface area contributed by atoms with Crippen molar-refractivity contribution >= 4 is 119 Å². The van der Waals surface area contributed by atoms with Crippen molar-refractivity contribution < 1.29 is 182 Å². The number of rotatable bonds is 35. The summed E-state index contributed by atoms with van der Waals surface area (Å²) < 4.78 is 101. The fourth-order valence-corrected chi connectivity index (χ4v) is 8.17. The van der Waals surface area contributed by atoms with E-state index in [1.54, 1.807) is 20.8 Å². The molecular weight excluding hydrogens is 1710 g/mol. The summed E-state index contributed by atoms with van der Waals surface area (Å²) in [4.78, 5) is 110. The van der Waals surface area contributed by atoms with Crippen LogP contribution in [0.25, 0.3) is 0 Å². The Morgan fingerprint density at radius 2 is 0.740 bits per heavy atom. The fourth-order valence-electron chi connectivity index (χ4n) is 6.86. The molecule has 0 aromatic heterocycles. The molecule has 8 N–H and O–H groups in total. The van der Waals surface area contributed by atoms with Gasteiger partial charge in [-0.3, -0.25) is 62.6 Å². The van der Waals surface area contributed by atoms with E-state index in [4.69, 9.17) is 80.3 Å². The molecule has 100 heavy (non-hydrogen) atoms. The van der Waals surface area contributed by atoms with Crippen molar-refractivity contribution in [3.63, 3.8) is 0 Å². The molecule has 32 nitrogen and oxygen atoms in total. The van der Waals surface area contributed by atoms with Gasteiger partial charge in [-0.2, -0.15) is 31.5 Å². The van der Waals surface area contributed by atoms with E-state index in [1.807, 2.05) is 43.2 Å². The van der Waals surface area contributed by atoms with Crippen molar-refractivity contribution in [1.82, 2.24) is 0 Å². The van der Waals surface area contributed by atoms with E-state index in [-0.39, 0.29) is 91.8 Å². The molecule has 39 heteroatoms. The van der Waals surface area contributed by atoms with Gasteiger partial charge in [0.2, 0.25) is 16.2 Å². The largest absolute Gasteiger partial charge is 2.00 e.